The van der Waals surface area contributed by atoms with E-state index in [2.05, 4.69) is 51.2 Å². The van der Waals surface area contributed by atoms with E-state index in [9.17, 15) is 0 Å². The number of hydrogen-bond donors (Lipinski definition) is 1. The summed E-state index contributed by atoms with van der Waals surface area (Å²) in [6.07, 6.45) is 0.847. The molecule has 0 fully saturated rings. The smallest absolute Gasteiger partial charge is 0.324 e. The van der Waals surface area contributed by atoms with Gasteiger partial charge >= 0.3 is 6.01 Å². The summed E-state index contributed by atoms with van der Waals surface area (Å²) in [5, 5.41) is 4.38. The van der Waals surface area contributed by atoms with E-state index in [1.807, 2.05) is 47.4 Å². The highest BCUT2D eigenvalue weighted by Crippen LogP contribution is 2.31. The summed E-state index contributed by atoms with van der Waals surface area (Å²) in [6.45, 7) is 4.15. The third-order valence-electron chi connectivity index (χ3n) is 4.75. The lowest BCUT2D eigenvalue weighted by Crippen LogP contribution is -2.00. The van der Waals surface area contributed by atoms with E-state index in [-0.39, 0.29) is 6.01 Å². The van der Waals surface area contributed by atoms with E-state index in [0.29, 0.717) is 11.6 Å². The molecule has 0 saturated carbocycles. The van der Waals surface area contributed by atoms with Crippen LogP contribution in [0.15, 0.2) is 59.6 Å². The second-order valence-corrected chi connectivity index (χ2v) is 8.72. The van der Waals surface area contributed by atoms with Crippen molar-refractivity contribution in [1.82, 2.24) is 19.9 Å². The average molecular weight is 446 g/mol. The molecule has 3 aromatic heterocycles. The molecule has 0 unspecified atom stereocenters. The second-order valence-electron chi connectivity index (χ2n) is 6.98. The Morgan fingerprint density at radius 2 is 1.87 bits per heavy atom. The zero-order valence-electron chi connectivity index (χ0n) is 17.0. The minimum Gasteiger partial charge on any atom is -0.424 e. The number of thiazole rings is 2. The number of benzene rings is 2. The van der Waals surface area contributed by atoms with Crippen LogP contribution in [-0.4, -0.2) is 19.9 Å². The van der Waals surface area contributed by atoms with E-state index in [4.69, 9.17) is 4.74 Å². The van der Waals surface area contributed by atoms with Crippen LogP contribution in [0.5, 0.6) is 11.8 Å². The molecular weight excluding hydrogens is 426 g/mol. The number of fused-ring (bicyclic) bond motifs is 1. The number of nitrogens with zero attached hydrogens (tertiary/aromatic N) is 4. The Morgan fingerprint density at radius 1 is 0.968 bits per heavy atom. The van der Waals surface area contributed by atoms with Crippen molar-refractivity contribution >= 4 is 43.7 Å². The lowest BCUT2D eigenvalue weighted by atomic mass is 10.1. The van der Waals surface area contributed by atoms with Crippen LogP contribution in [-0.2, 0) is 6.42 Å². The monoisotopic (exact) mass is 445 g/mol. The Hall–Kier alpha value is -3.36. The van der Waals surface area contributed by atoms with Gasteiger partial charge in [-0.1, -0.05) is 30.7 Å². The minimum atomic E-state index is 0.285. The van der Waals surface area contributed by atoms with Crippen molar-refractivity contribution in [2.24, 2.45) is 0 Å². The highest BCUT2D eigenvalue weighted by Gasteiger charge is 2.12. The van der Waals surface area contributed by atoms with Crippen LogP contribution in [0, 0.1) is 6.92 Å². The number of aromatic nitrogens is 4. The Morgan fingerprint density at radius 3 is 2.74 bits per heavy atom. The predicted molar refractivity (Wildman–Crippen MR) is 127 cm³/mol. The Labute approximate surface area is 187 Å². The number of hydrogen-bond acceptors (Lipinski definition) is 8. The van der Waals surface area contributed by atoms with E-state index in [1.165, 1.54) is 5.56 Å². The van der Waals surface area contributed by atoms with Crippen LogP contribution >= 0.6 is 22.7 Å². The average Bonchev–Trinajstić information content (AvgIpc) is 3.42. The molecule has 31 heavy (non-hydrogen) atoms. The molecule has 3 heterocycles. The van der Waals surface area contributed by atoms with Crippen LogP contribution < -0.4 is 10.1 Å². The maximum absolute atomic E-state index is 6.07. The summed E-state index contributed by atoms with van der Waals surface area (Å²) >= 11 is 3.13. The maximum Gasteiger partial charge on any atom is 0.324 e. The lowest BCUT2D eigenvalue weighted by molar-refractivity contribution is 0.444. The van der Waals surface area contributed by atoms with Crippen LogP contribution in [0.3, 0.4) is 0 Å². The quantitative estimate of drug-likeness (QED) is 0.317. The lowest BCUT2D eigenvalue weighted by Gasteiger charge is -2.11. The molecule has 0 bridgehead atoms. The van der Waals surface area contributed by atoms with Gasteiger partial charge in [-0.25, -0.2) is 9.97 Å². The fourth-order valence-corrected chi connectivity index (χ4v) is 4.72. The van der Waals surface area contributed by atoms with Crippen molar-refractivity contribution in [2.75, 3.05) is 5.32 Å². The molecule has 154 valence electrons. The van der Waals surface area contributed by atoms with Gasteiger partial charge < -0.3 is 10.1 Å². The van der Waals surface area contributed by atoms with Crippen LogP contribution in [0.25, 0.3) is 21.5 Å². The summed E-state index contributed by atoms with van der Waals surface area (Å²) in [4.78, 5) is 18.0. The van der Waals surface area contributed by atoms with E-state index >= 15 is 0 Å². The molecule has 0 saturated heterocycles. The Balaban J connectivity index is 1.54. The standard InChI is InChI=1S/C23H19N5OS2/c1-3-17-22(31-13-24-17)27-21-11-19(15-6-4-5-14(2)9-15)26-23(28-21)29-16-7-8-18-20(10-16)30-12-25-18/h4-13H,3H2,1-2H3,(H,26,27,28). The van der Waals surface area contributed by atoms with Gasteiger partial charge in [-0.3, -0.25) is 0 Å². The number of ether oxygens (including phenoxy) is 1. The van der Waals surface area contributed by atoms with Crippen molar-refractivity contribution in [2.45, 2.75) is 20.3 Å². The van der Waals surface area contributed by atoms with Crippen molar-refractivity contribution in [3.63, 3.8) is 0 Å². The first kappa shape index (κ1) is 19.6. The Kier molecular flexibility index (Phi) is 5.31. The fourth-order valence-electron chi connectivity index (χ4n) is 3.23. The molecule has 0 aliphatic heterocycles. The molecule has 5 aromatic rings. The van der Waals surface area contributed by atoms with Gasteiger partial charge in [0.1, 0.15) is 16.6 Å². The van der Waals surface area contributed by atoms with E-state index < -0.39 is 0 Å². The van der Waals surface area contributed by atoms with Gasteiger partial charge in [0.05, 0.1) is 32.6 Å². The molecule has 0 aliphatic rings. The van der Waals surface area contributed by atoms with Crippen LogP contribution in [0.2, 0.25) is 0 Å². The number of aryl methyl sites for hydroxylation is 2. The Bertz CT molecular complexity index is 1360. The van der Waals surface area contributed by atoms with Gasteiger partial charge in [-0.2, -0.15) is 9.97 Å². The van der Waals surface area contributed by atoms with Gasteiger partial charge in [0.25, 0.3) is 0 Å². The van der Waals surface area contributed by atoms with Crippen LogP contribution in [0.4, 0.5) is 10.8 Å². The first-order chi connectivity index (χ1) is 15.2. The van der Waals surface area contributed by atoms with Crippen molar-refractivity contribution in [3.05, 3.63) is 70.8 Å². The van der Waals surface area contributed by atoms with Gasteiger partial charge in [-0.15, -0.1) is 22.7 Å². The zero-order valence-corrected chi connectivity index (χ0v) is 18.6. The molecule has 0 atom stereocenters. The van der Waals surface area contributed by atoms with E-state index in [1.54, 1.807) is 22.7 Å². The first-order valence-electron chi connectivity index (χ1n) is 9.84. The molecule has 0 spiro atoms. The van der Waals surface area contributed by atoms with Crippen LogP contribution in [0.1, 0.15) is 18.2 Å². The number of nitrogens with one attached hydrogen (secondary N) is 1. The third kappa shape index (κ3) is 4.26. The summed E-state index contributed by atoms with van der Waals surface area (Å²) in [6, 6.07) is 16.2. The third-order valence-corrected chi connectivity index (χ3v) is 6.32. The van der Waals surface area contributed by atoms with Crippen molar-refractivity contribution in [3.8, 4) is 23.0 Å². The van der Waals surface area contributed by atoms with Crippen molar-refractivity contribution in [1.29, 1.82) is 0 Å². The molecule has 2 aromatic carbocycles. The first-order valence-corrected chi connectivity index (χ1v) is 11.6. The molecule has 0 radical (unpaired) electrons. The van der Waals surface area contributed by atoms with E-state index in [0.717, 1.165) is 38.6 Å². The maximum atomic E-state index is 6.07. The topological polar surface area (TPSA) is 72.8 Å². The second kappa shape index (κ2) is 8.41. The minimum absolute atomic E-state index is 0.285. The normalized spacial score (nSPS) is 11.0. The van der Waals surface area contributed by atoms with Gasteiger partial charge in [0.2, 0.25) is 0 Å². The largest absolute Gasteiger partial charge is 0.424 e. The summed E-state index contributed by atoms with van der Waals surface area (Å²) in [5.74, 6) is 1.34. The molecule has 6 nitrogen and oxygen atoms in total. The molecular formula is C23H19N5OS2. The zero-order chi connectivity index (χ0) is 21.2. The molecule has 8 heteroatoms. The summed E-state index contributed by atoms with van der Waals surface area (Å²) in [5.41, 5.74) is 8.59. The molecule has 5 rings (SSSR count). The van der Waals surface area contributed by atoms with Gasteiger partial charge in [0, 0.05) is 17.7 Å². The van der Waals surface area contributed by atoms with Crippen molar-refractivity contribution < 1.29 is 4.74 Å². The highest BCUT2D eigenvalue weighted by molar-refractivity contribution is 7.16. The SMILES string of the molecule is CCc1ncsc1Nc1cc(-c2cccc(C)c2)nc(Oc2ccc3ncsc3c2)n1. The fraction of sp³-hybridized carbons (Fsp3) is 0.130. The van der Waals surface area contributed by atoms with Gasteiger partial charge in [-0.05, 0) is 31.5 Å². The summed E-state index contributed by atoms with van der Waals surface area (Å²) < 4.78 is 7.13. The summed E-state index contributed by atoms with van der Waals surface area (Å²) in [7, 11) is 0. The molecule has 0 aliphatic carbocycles. The van der Waals surface area contributed by atoms with Gasteiger partial charge in [0.15, 0.2) is 0 Å². The molecule has 1 N–H and O–H groups in total. The number of rotatable bonds is 6. The highest BCUT2D eigenvalue weighted by atomic mass is 32.1. The predicted octanol–water partition coefficient (Wildman–Crippen LogP) is 6.62. The number of anilines is 2. The molecule has 0 amide bonds.